The molecular formula is C18H23FN4O3. The predicted molar refractivity (Wildman–Crippen MR) is 92.4 cm³/mol. The van der Waals surface area contributed by atoms with Crippen LogP contribution in [0.5, 0.6) is 0 Å². The molecule has 0 unspecified atom stereocenters. The molecule has 3 amide bonds. The Kier molecular flexibility index (Phi) is 5.82. The highest BCUT2D eigenvalue weighted by molar-refractivity contribution is 5.89. The van der Waals surface area contributed by atoms with Crippen molar-refractivity contribution in [3.05, 3.63) is 35.6 Å². The lowest BCUT2D eigenvalue weighted by Crippen LogP contribution is -2.56. The first-order chi connectivity index (χ1) is 12.5. The number of rotatable bonds is 4. The van der Waals surface area contributed by atoms with Gasteiger partial charge < -0.3 is 15.5 Å². The molecule has 0 spiro atoms. The van der Waals surface area contributed by atoms with Crippen molar-refractivity contribution in [2.24, 2.45) is 0 Å². The molecule has 0 saturated carbocycles. The standard InChI is InChI=1S/C18H23FN4O3/c19-14-4-2-1-3-13(14)12-23-10-7-21-18(26)15(23)11-17(25)22-8-5-16(24)20-6-9-22/h1-4,15H,5-12H2,(H,20,24)(H,21,26)/t15-/m0/s1. The van der Waals surface area contributed by atoms with E-state index in [9.17, 15) is 18.8 Å². The van der Waals surface area contributed by atoms with Gasteiger partial charge in [0.2, 0.25) is 17.7 Å². The Bertz CT molecular complexity index is 697. The van der Waals surface area contributed by atoms with E-state index in [1.54, 1.807) is 23.1 Å². The summed E-state index contributed by atoms with van der Waals surface area (Å²) >= 11 is 0. The van der Waals surface area contributed by atoms with E-state index in [1.807, 2.05) is 4.90 Å². The molecule has 7 nitrogen and oxygen atoms in total. The molecule has 2 heterocycles. The van der Waals surface area contributed by atoms with E-state index in [4.69, 9.17) is 0 Å². The van der Waals surface area contributed by atoms with Crippen molar-refractivity contribution in [1.29, 1.82) is 0 Å². The van der Waals surface area contributed by atoms with E-state index in [1.165, 1.54) is 6.07 Å². The Morgan fingerprint density at radius 3 is 2.69 bits per heavy atom. The molecule has 2 saturated heterocycles. The van der Waals surface area contributed by atoms with Crippen LogP contribution in [0.15, 0.2) is 24.3 Å². The van der Waals surface area contributed by atoms with Crippen LogP contribution >= 0.6 is 0 Å². The number of nitrogens with one attached hydrogen (secondary N) is 2. The van der Waals surface area contributed by atoms with Crippen LogP contribution in [0.2, 0.25) is 0 Å². The monoisotopic (exact) mass is 362 g/mol. The van der Waals surface area contributed by atoms with Gasteiger partial charge in [-0.1, -0.05) is 18.2 Å². The molecule has 2 N–H and O–H groups in total. The Labute approximate surface area is 151 Å². The maximum Gasteiger partial charge on any atom is 0.237 e. The molecule has 1 atom stereocenters. The third kappa shape index (κ3) is 4.37. The summed E-state index contributed by atoms with van der Waals surface area (Å²) in [6, 6.07) is 5.82. The zero-order valence-electron chi connectivity index (χ0n) is 14.5. The van der Waals surface area contributed by atoms with Gasteiger partial charge in [0.1, 0.15) is 5.82 Å². The van der Waals surface area contributed by atoms with Crippen molar-refractivity contribution in [2.45, 2.75) is 25.4 Å². The SMILES string of the molecule is O=C1CCN(C(=O)C[C@H]2C(=O)NCCN2Cc2ccccc2F)CCN1. The van der Waals surface area contributed by atoms with E-state index in [2.05, 4.69) is 10.6 Å². The fourth-order valence-corrected chi connectivity index (χ4v) is 3.33. The van der Waals surface area contributed by atoms with Crippen LogP contribution in [-0.4, -0.2) is 66.3 Å². The summed E-state index contributed by atoms with van der Waals surface area (Å²) in [4.78, 5) is 39.9. The van der Waals surface area contributed by atoms with Crippen LogP contribution in [0, 0.1) is 5.82 Å². The Balaban J connectivity index is 1.68. The van der Waals surface area contributed by atoms with Gasteiger partial charge in [0.15, 0.2) is 0 Å². The molecular weight excluding hydrogens is 339 g/mol. The lowest BCUT2D eigenvalue weighted by molar-refractivity contribution is -0.139. The molecule has 0 radical (unpaired) electrons. The Morgan fingerprint density at radius 2 is 1.88 bits per heavy atom. The average molecular weight is 362 g/mol. The van der Waals surface area contributed by atoms with Crippen LogP contribution in [-0.2, 0) is 20.9 Å². The third-order valence-electron chi connectivity index (χ3n) is 4.81. The largest absolute Gasteiger partial charge is 0.354 e. The lowest BCUT2D eigenvalue weighted by atomic mass is 10.1. The summed E-state index contributed by atoms with van der Waals surface area (Å²) in [7, 11) is 0. The third-order valence-corrected chi connectivity index (χ3v) is 4.81. The molecule has 1 aromatic rings. The molecule has 2 fully saturated rings. The van der Waals surface area contributed by atoms with Crippen molar-refractivity contribution >= 4 is 17.7 Å². The number of nitrogens with zero attached hydrogens (tertiary/aromatic N) is 2. The van der Waals surface area contributed by atoms with Gasteiger partial charge in [-0.2, -0.15) is 0 Å². The summed E-state index contributed by atoms with van der Waals surface area (Å²) in [6.07, 6.45) is 0.288. The van der Waals surface area contributed by atoms with Gasteiger partial charge in [-0.15, -0.1) is 0 Å². The van der Waals surface area contributed by atoms with Gasteiger partial charge in [-0.25, -0.2) is 4.39 Å². The first-order valence-corrected chi connectivity index (χ1v) is 8.84. The van der Waals surface area contributed by atoms with E-state index in [0.717, 1.165) is 0 Å². The van der Waals surface area contributed by atoms with Crippen molar-refractivity contribution < 1.29 is 18.8 Å². The molecule has 0 aliphatic carbocycles. The highest BCUT2D eigenvalue weighted by Crippen LogP contribution is 2.17. The highest BCUT2D eigenvalue weighted by Gasteiger charge is 2.33. The molecule has 8 heteroatoms. The molecule has 140 valence electrons. The first kappa shape index (κ1) is 18.3. The summed E-state index contributed by atoms with van der Waals surface area (Å²) in [5.41, 5.74) is 0.504. The zero-order valence-corrected chi connectivity index (χ0v) is 14.5. The van der Waals surface area contributed by atoms with E-state index < -0.39 is 6.04 Å². The van der Waals surface area contributed by atoms with Gasteiger partial charge >= 0.3 is 0 Å². The molecule has 2 aliphatic heterocycles. The number of carbonyl (C=O) groups is 3. The van der Waals surface area contributed by atoms with E-state index >= 15 is 0 Å². The van der Waals surface area contributed by atoms with Crippen LogP contribution in [0.25, 0.3) is 0 Å². The number of hydrogen-bond acceptors (Lipinski definition) is 4. The zero-order chi connectivity index (χ0) is 18.5. The van der Waals surface area contributed by atoms with E-state index in [-0.39, 0.29) is 42.9 Å². The minimum Gasteiger partial charge on any atom is -0.354 e. The van der Waals surface area contributed by atoms with Gasteiger partial charge in [-0.05, 0) is 6.07 Å². The smallest absolute Gasteiger partial charge is 0.237 e. The normalized spacial score (nSPS) is 21.7. The van der Waals surface area contributed by atoms with Crippen molar-refractivity contribution in [1.82, 2.24) is 20.4 Å². The quantitative estimate of drug-likeness (QED) is 0.782. The minimum absolute atomic E-state index is 0.0223. The molecule has 26 heavy (non-hydrogen) atoms. The fraction of sp³-hybridized carbons (Fsp3) is 0.500. The topological polar surface area (TPSA) is 81.8 Å². The molecule has 0 aromatic heterocycles. The maximum atomic E-state index is 14.0. The number of amides is 3. The second-order valence-corrected chi connectivity index (χ2v) is 6.55. The minimum atomic E-state index is -0.636. The molecule has 0 bridgehead atoms. The highest BCUT2D eigenvalue weighted by atomic mass is 19.1. The Morgan fingerprint density at radius 1 is 1.12 bits per heavy atom. The van der Waals surface area contributed by atoms with Gasteiger partial charge in [0, 0.05) is 51.3 Å². The van der Waals surface area contributed by atoms with Gasteiger partial charge in [-0.3, -0.25) is 19.3 Å². The average Bonchev–Trinajstić information content (AvgIpc) is 2.84. The summed E-state index contributed by atoms with van der Waals surface area (Å²) < 4.78 is 14.0. The number of benzene rings is 1. The summed E-state index contributed by atoms with van der Waals surface area (Å²) in [6.45, 7) is 2.51. The second kappa shape index (κ2) is 8.27. The van der Waals surface area contributed by atoms with Crippen molar-refractivity contribution in [3.63, 3.8) is 0 Å². The second-order valence-electron chi connectivity index (χ2n) is 6.55. The molecule has 1 aromatic carbocycles. The lowest BCUT2D eigenvalue weighted by Gasteiger charge is -2.35. The van der Waals surface area contributed by atoms with Gasteiger partial charge in [0.25, 0.3) is 0 Å². The van der Waals surface area contributed by atoms with Gasteiger partial charge in [0.05, 0.1) is 12.5 Å². The van der Waals surface area contributed by atoms with Crippen LogP contribution in [0.3, 0.4) is 0 Å². The van der Waals surface area contributed by atoms with Crippen LogP contribution in [0.1, 0.15) is 18.4 Å². The van der Waals surface area contributed by atoms with E-state index in [0.29, 0.717) is 38.3 Å². The van der Waals surface area contributed by atoms with Crippen molar-refractivity contribution in [3.8, 4) is 0 Å². The van der Waals surface area contributed by atoms with Crippen molar-refractivity contribution in [2.75, 3.05) is 32.7 Å². The Hall–Kier alpha value is -2.48. The molecule has 3 rings (SSSR count). The number of carbonyl (C=O) groups excluding carboxylic acids is 3. The first-order valence-electron chi connectivity index (χ1n) is 8.84. The number of halogens is 1. The summed E-state index contributed by atoms with van der Waals surface area (Å²) in [5, 5.41) is 5.50. The summed E-state index contributed by atoms with van der Waals surface area (Å²) in [5.74, 6) is -0.774. The van der Waals surface area contributed by atoms with Crippen LogP contribution < -0.4 is 10.6 Å². The number of hydrogen-bond donors (Lipinski definition) is 2. The maximum absolute atomic E-state index is 14.0. The van der Waals surface area contributed by atoms with Crippen LogP contribution in [0.4, 0.5) is 4.39 Å². The predicted octanol–water partition coefficient (Wildman–Crippen LogP) is -0.135. The fourth-order valence-electron chi connectivity index (χ4n) is 3.33. The number of piperazine rings is 1. The molecule has 2 aliphatic rings.